The quantitative estimate of drug-likeness (QED) is 0.549. The van der Waals surface area contributed by atoms with Gasteiger partial charge in [-0.1, -0.05) is 11.6 Å². The van der Waals surface area contributed by atoms with Gasteiger partial charge in [-0.15, -0.1) is 0 Å². The molecule has 0 unspecified atom stereocenters. The minimum absolute atomic E-state index is 0.286. The van der Waals surface area contributed by atoms with E-state index in [0.717, 1.165) is 0 Å². The first-order valence-electron chi connectivity index (χ1n) is 4.01. The highest BCUT2D eigenvalue weighted by Crippen LogP contribution is 2.27. The van der Waals surface area contributed by atoms with Crippen LogP contribution in [-0.2, 0) is 10.3 Å². The summed E-state index contributed by atoms with van der Waals surface area (Å²) in [4.78, 5) is 13.7. The molecule has 0 N–H and O–H groups in total. The summed E-state index contributed by atoms with van der Waals surface area (Å²) in [5, 5.41) is 0.286. The first kappa shape index (κ1) is 10.9. The van der Waals surface area contributed by atoms with Crippen molar-refractivity contribution in [2.45, 2.75) is 19.4 Å². The Kier molecular flexibility index (Phi) is 3.04. The maximum Gasteiger partial charge on any atom is 0.235 e. The van der Waals surface area contributed by atoms with Crippen LogP contribution in [0, 0.1) is 5.82 Å². The van der Waals surface area contributed by atoms with Crippen molar-refractivity contribution < 1.29 is 9.18 Å². The van der Waals surface area contributed by atoms with E-state index in [4.69, 9.17) is 11.6 Å². The predicted octanol–water partition coefficient (Wildman–Crippen LogP) is 3.05. The summed E-state index contributed by atoms with van der Waals surface area (Å²) in [5.41, 5.74) is -0.251. The lowest BCUT2D eigenvalue weighted by Crippen LogP contribution is -2.13. The highest BCUT2D eigenvalue weighted by molar-refractivity contribution is 6.30. The highest BCUT2D eigenvalue weighted by Gasteiger charge is 2.20. The first-order chi connectivity index (χ1) is 6.45. The molecule has 0 aliphatic rings. The summed E-state index contributed by atoms with van der Waals surface area (Å²) >= 11 is 5.68. The Balaban J connectivity index is 3.24. The van der Waals surface area contributed by atoms with Crippen LogP contribution < -0.4 is 0 Å². The van der Waals surface area contributed by atoms with E-state index in [1.165, 1.54) is 18.2 Å². The van der Waals surface area contributed by atoms with Gasteiger partial charge in [0.25, 0.3) is 0 Å². The Morgan fingerprint density at radius 2 is 2.07 bits per heavy atom. The Labute approximate surface area is 86.4 Å². The Morgan fingerprint density at radius 3 is 2.57 bits per heavy atom. The van der Waals surface area contributed by atoms with Crippen molar-refractivity contribution in [3.8, 4) is 0 Å². The monoisotopic (exact) mass is 213 g/mol. The number of hydrogen-bond donors (Lipinski definition) is 0. The number of nitrogens with zero attached hydrogens (tertiary/aromatic N) is 1. The van der Waals surface area contributed by atoms with Gasteiger partial charge in [-0.3, -0.25) is 0 Å². The maximum absolute atomic E-state index is 13.0. The van der Waals surface area contributed by atoms with Gasteiger partial charge in [-0.2, -0.15) is 4.99 Å². The Bertz CT molecular complexity index is 377. The topological polar surface area (TPSA) is 29.4 Å². The highest BCUT2D eigenvalue weighted by atomic mass is 35.5. The molecule has 4 heteroatoms. The second-order valence-electron chi connectivity index (χ2n) is 3.42. The minimum Gasteiger partial charge on any atom is -0.211 e. The van der Waals surface area contributed by atoms with Gasteiger partial charge in [0.2, 0.25) is 6.08 Å². The molecule has 0 amide bonds. The first-order valence-corrected chi connectivity index (χ1v) is 4.39. The van der Waals surface area contributed by atoms with Crippen LogP contribution in [0.1, 0.15) is 19.4 Å². The summed E-state index contributed by atoms with van der Waals surface area (Å²) in [6.45, 7) is 3.37. The SMILES string of the molecule is CC(C)(N=C=O)c1cc(F)cc(Cl)c1. The van der Waals surface area contributed by atoms with Gasteiger partial charge < -0.3 is 0 Å². The number of benzene rings is 1. The molecule has 0 bridgehead atoms. The fourth-order valence-electron chi connectivity index (χ4n) is 1.09. The van der Waals surface area contributed by atoms with Crippen LogP contribution in [0.15, 0.2) is 23.2 Å². The van der Waals surface area contributed by atoms with E-state index in [1.807, 2.05) is 0 Å². The number of halogens is 2. The Morgan fingerprint density at radius 1 is 1.43 bits per heavy atom. The summed E-state index contributed by atoms with van der Waals surface area (Å²) in [6, 6.07) is 4.07. The zero-order valence-corrected chi connectivity index (χ0v) is 8.60. The molecule has 74 valence electrons. The van der Waals surface area contributed by atoms with Crippen LogP contribution in [0.5, 0.6) is 0 Å². The van der Waals surface area contributed by atoms with E-state index in [-0.39, 0.29) is 5.02 Å². The lowest BCUT2D eigenvalue weighted by atomic mass is 9.95. The summed E-state index contributed by atoms with van der Waals surface area (Å²) in [7, 11) is 0. The minimum atomic E-state index is -0.798. The molecule has 14 heavy (non-hydrogen) atoms. The van der Waals surface area contributed by atoms with Crippen molar-refractivity contribution in [3.63, 3.8) is 0 Å². The lowest BCUT2D eigenvalue weighted by molar-refractivity contribution is 0.518. The lowest BCUT2D eigenvalue weighted by Gasteiger charge is -2.17. The molecule has 1 aromatic rings. The standard InChI is InChI=1S/C10H9ClFNO/c1-10(2,13-6-14)7-3-8(11)5-9(12)4-7/h3-5H,1-2H3. The molecule has 0 saturated carbocycles. The molecule has 2 nitrogen and oxygen atoms in total. The van der Waals surface area contributed by atoms with Crippen molar-refractivity contribution in [2.24, 2.45) is 4.99 Å². The average Bonchev–Trinajstić information content (AvgIpc) is 2.02. The van der Waals surface area contributed by atoms with Crippen LogP contribution in [0.25, 0.3) is 0 Å². The predicted molar refractivity (Wildman–Crippen MR) is 52.6 cm³/mol. The fraction of sp³-hybridized carbons (Fsp3) is 0.300. The van der Waals surface area contributed by atoms with Gasteiger partial charge in [-0.25, -0.2) is 9.18 Å². The molecule has 0 aromatic heterocycles. The fourth-order valence-corrected chi connectivity index (χ4v) is 1.31. The van der Waals surface area contributed by atoms with Crippen LogP contribution in [0.4, 0.5) is 4.39 Å². The third-order valence-electron chi connectivity index (χ3n) is 1.89. The number of carbonyl (C=O) groups excluding carboxylic acids is 1. The molecule has 0 aliphatic carbocycles. The molecule has 0 aliphatic heterocycles. The van der Waals surface area contributed by atoms with Crippen LogP contribution in [-0.4, -0.2) is 6.08 Å². The number of hydrogen-bond acceptors (Lipinski definition) is 2. The van der Waals surface area contributed by atoms with Gasteiger partial charge in [-0.05, 0) is 37.6 Å². The van der Waals surface area contributed by atoms with E-state index >= 15 is 0 Å². The third-order valence-corrected chi connectivity index (χ3v) is 2.11. The van der Waals surface area contributed by atoms with Gasteiger partial charge in [0, 0.05) is 5.02 Å². The largest absolute Gasteiger partial charge is 0.235 e. The molecule has 1 aromatic carbocycles. The van der Waals surface area contributed by atoms with Crippen molar-refractivity contribution >= 4 is 17.7 Å². The molecule has 0 radical (unpaired) electrons. The molecule has 0 fully saturated rings. The number of rotatable bonds is 2. The third kappa shape index (κ3) is 2.41. The normalized spacial score (nSPS) is 10.9. The Hall–Kier alpha value is -1.18. The van der Waals surface area contributed by atoms with Crippen molar-refractivity contribution in [3.05, 3.63) is 34.6 Å². The van der Waals surface area contributed by atoms with Gasteiger partial charge in [0.05, 0.1) is 5.54 Å². The van der Waals surface area contributed by atoms with Crippen LogP contribution >= 0.6 is 11.6 Å². The van der Waals surface area contributed by atoms with E-state index in [1.54, 1.807) is 19.9 Å². The van der Waals surface area contributed by atoms with E-state index in [0.29, 0.717) is 5.56 Å². The molecule has 0 heterocycles. The summed E-state index contributed by atoms with van der Waals surface area (Å²) < 4.78 is 13.0. The number of isocyanates is 1. The summed E-state index contributed by atoms with van der Waals surface area (Å²) in [5.74, 6) is -0.443. The van der Waals surface area contributed by atoms with Crippen molar-refractivity contribution in [1.82, 2.24) is 0 Å². The van der Waals surface area contributed by atoms with Crippen molar-refractivity contribution in [2.75, 3.05) is 0 Å². The molecule has 0 atom stereocenters. The number of aliphatic imine (C=N–C) groups is 1. The van der Waals surface area contributed by atoms with Gasteiger partial charge in [0.1, 0.15) is 5.82 Å². The van der Waals surface area contributed by atoms with E-state index in [2.05, 4.69) is 4.99 Å². The molecule has 0 spiro atoms. The molecule has 1 rings (SSSR count). The van der Waals surface area contributed by atoms with E-state index < -0.39 is 11.4 Å². The molecular weight excluding hydrogens is 205 g/mol. The van der Waals surface area contributed by atoms with Gasteiger partial charge >= 0.3 is 0 Å². The zero-order chi connectivity index (χ0) is 10.8. The van der Waals surface area contributed by atoms with Crippen LogP contribution in [0.3, 0.4) is 0 Å². The zero-order valence-electron chi connectivity index (χ0n) is 7.84. The molecule has 0 saturated heterocycles. The maximum atomic E-state index is 13.0. The summed E-state index contributed by atoms with van der Waals surface area (Å²) in [6.07, 6.45) is 1.45. The average molecular weight is 214 g/mol. The second kappa shape index (κ2) is 3.91. The van der Waals surface area contributed by atoms with Crippen LogP contribution in [0.2, 0.25) is 5.02 Å². The molecular formula is C10H9ClFNO. The van der Waals surface area contributed by atoms with E-state index in [9.17, 15) is 9.18 Å². The smallest absolute Gasteiger partial charge is 0.211 e. The van der Waals surface area contributed by atoms with Gasteiger partial charge in [0.15, 0.2) is 0 Å². The second-order valence-corrected chi connectivity index (χ2v) is 3.86. The van der Waals surface area contributed by atoms with Crippen molar-refractivity contribution in [1.29, 1.82) is 0 Å².